The lowest BCUT2D eigenvalue weighted by atomic mass is 10.1. The summed E-state index contributed by atoms with van der Waals surface area (Å²) < 4.78 is 4.89. The maximum atomic E-state index is 11.6. The molecule has 6 nitrogen and oxygen atoms in total. The van der Waals surface area contributed by atoms with Gasteiger partial charge in [0.05, 0.1) is 12.3 Å². The van der Waals surface area contributed by atoms with Crippen molar-refractivity contribution in [3.05, 3.63) is 66.5 Å². The highest BCUT2D eigenvalue weighted by molar-refractivity contribution is 5.85. The van der Waals surface area contributed by atoms with Crippen LogP contribution < -0.4 is 10.6 Å². The molecule has 3 aromatic rings. The molecule has 0 aliphatic carbocycles. The van der Waals surface area contributed by atoms with Gasteiger partial charge in [-0.05, 0) is 32.0 Å². The first-order chi connectivity index (χ1) is 12.6. The Morgan fingerprint density at radius 3 is 2.54 bits per heavy atom. The smallest absolute Gasteiger partial charge is 0.411 e. The Bertz CT molecular complexity index is 897. The number of rotatable bonds is 5. The van der Waals surface area contributed by atoms with Gasteiger partial charge in [0.25, 0.3) is 0 Å². The quantitative estimate of drug-likeness (QED) is 0.695. The van der Waals surface area contributed by atoms with Gasteiger partial charge in [-0.3, -0.25) is 5.32 Å². The second-order valence-electron chi connectivity index (χ2n) is 5.60. The summed E-state index contributed by atoms with van der Waals surface area (Å²) in [6, 6.07) is 19.2. The van der Waals surface area contributed by atoms with E-state index in [0.29, 0.717) is 23.9 Å². The number of benzene rings is 2. The second kappa shape index (κ2) is 8.11. The molecule has 2 N–H and O–H groups in total. The molecular weight excluding hydrogens is 328 g/mol. The number of ether oxygens (including phenoxy) is 1. The molecule has 0 saturated carbocycles. The SMILES string of the molecule is CCOC(=O)Nc1cccc(Nc2cc(-c3ccccc3)nc(C)n2)c1. The van der Waals surface area contributed by atoms with Crippen molar-refractivity contribution >= 4 is 23.3 Å². The van der Waals surface area contributed by atoms with Crippen molar-refractivity contribution in [3.8, 4) is 11.3 Å². The van der Waals surface area contributed by atoms with Crippen molar-refractivity contribution in [1.29, 1.82) is 0 Å². The van der Waals surface area contributed by atoms with Gasteiger partial charge in [-0.1, -0.05) is 36.4 Å². The number of amides is 1. The third-order valence-electron chi connectivity index (χ3n) is 3.56. The maximum Gasteiger partial charge on any atom is 0.411 e. The number of carbonyl (C=O) groups is 1. The number of hydrogen-bond acceptors (Lipinski definition) is 5. The number of nitrogens with zero attached hydrogens (tertiary/aromatic N) is 2. The van der Waals surface area contributed by atoms with Gasteiger partial charge in [0.15, 0.2) is 0 Å². The Kier molecular flexibility index (Phi) is 5.43. The number of nitrogens with one attached hydrogen (secondary N) is 2. The molecular formula is C20H20N4O2. The molecule has 132 valence electrons. The Labute approximate surface area is 152 Å². The fourth-order valence-corrected chi connectivity index (χ4v) is 2.50. The van der Waals surface area contributed by atoms with Crippen molar-refractivity contribution in [2.75, 3.05) is 17.2 Å². The lowest BCUT2D eigenvalue weighted by molar-refractivity contribution is 0.168. The van der Waals surface area contributed by atoms with Crippen molar-refractivity contribution in [2.24, 2.45) is 0 Å². The van der Waals surface area contributed by atoms with Crippen LogP contribution in [0.15, 0.2) is 60.7 Å². The summed E-state index contributed by atoms with van der Waals surface area (Å²) >= 11 is 0. The number of hydrogen-bond donors (Lipinski definition) is 2. The van der Waals surface area contributed by atoms with Crippen LogP contribution in [0.1, 0.15) is 12.7 Å². The summed E-state index contributed by atoms with van der Waals surface area (Å²) in [7, 11) is 0. The van der Waals surface area contributed by atoms with E-state index >= 15 is 0 Å². The number of carbonyl (C=O) groups excluding carboxylic acids is 1. The zero-order valence-corrected chi connectivity index (χ0v) is 14.7. The van der Waals surface area contributed by atoms with Gasteiger partial charge in [-0.2, -0.15) is 0 Å². The molecule has 1 heterocycles. The molecule has 6 heteroatoms. The lowest BCUT2D eigenvalue weighted by Gasteiger charge is -2.11. The maximum absolute atomic E-state index is 11.6. The summed E-state index contributed by atoms with van der Waals surface area (Å²) in [6.45, 7) is 3.95. The number of anilines is 3. The summed E-state index contributed by atoms with van der Waals surface area (Å²) in [5, 5.41) is 5.94. The zero-order valence-electron chi connectivity index (χ0n) is 14.7. The summed E-state index contributed by atoms with van der Waals surface area (Å²) in [4.78, 5) is 20.5. The van der Waals surface area contributed by atoms with E-state index in [0.717, 1.165) is 16.9 Å². The molecule has 0 fully saturated rings. The molecule has 0 spiro atoms. The first-order valence-electron chi connectivity index (χ1n) is 8.36. The molecule has 3 rings (SSSR count). The molecule has 0 aliphatic heterocycles. The van der Waals surface area contributed by atoms with Crippen molar-refractivity contribution in [2.45, 2.75) is 13.8 Å². The molecule has 0 saturated heterocycles. The van der Waals surface area contributed by atoms with E-state index in [1.807, 2.05) is 61.5 Å². The van der Waals surface area contributed by atoms with Gasteiger partial charge < -0.3 is 10.1 Å². The molecule has 0 aliphatic rings. The van der Waals surface area contributed by atoms with E-state index in [1.54, 1.807) is 13.0 Å². The molecule has 0 bridgehead atoms. The van der Waals surface area contributed by atoms with Gasteiger partial charge in [0, 0.05) is 23.0 Å². The minimum absolute atomic E-state index is 0.326. The van der Waals surface area contributed by atoms with Gasteiger partial charge in [-0.15, -0.1) is 0 Å². The lowest BCUT2D eigenvalue weighted by Crippen LogP contribution is -2.13. The van der Waals surface area contributed by atoms with Crippen LogP contribution in [-0.2, 0) is 4.74 Å². The second-order valence-corrected chi connectivity index (χ2v) is 5.60. The molecule has 1 aromatic heterocycles. The highest BCUT2D eigenvalue weighted by Crippen LogP contribution is 2.23. The Hall–Kier alpha value is -3.41. The van der Waals surface area contributed by atoms with Crippen LogP contribution >= 0.6 is 0 Å². The number of aryl methyl sites for hydroxylation is 1. The minimum Gasteiger partial charge on any atom is -0.450 e. The van der Waals surface area contributed by atoms with Crippen LogP contribution in [0.2, 0.25) is 0 Å². The van der Waals surface area contributed by atoms with E-state index in [9.17, 15) is 4.79 Å². The average molecular weight is 348 g/mol. The van der Waals surface area contributed by atoms with Crippen molar-refractivity contribution in [1.82, 2.24) is 9.97 Å². The van der Waals surface area contributed by atoms with Crippen LogP contribution in [-0.4, -0.2) is 22.7 Å². The van der Waals surface area contributed by atoms with Crippen molar-refractivity contribution < 1.29 is 9.53 Å². The Morgan fingerprint density at radius 1 is 1.00 bits per heavy atom. The average Bonchev–Trinajstić information content (AvgIpc) is 2.62. The molecule has 1 amide bonds. The monoisotopic (exact) mass is 348 g/mol. The minimum atomic E-state index is -0.478. The predicted molar refractivity (Wildman–Crippen MR) is 103 cm³/mol. The molecule has 0 unspecified atom stereocenters. The van der Waals surface area contributed by atoms with Gasteiger partial charge in [0.2, 0.25) is 0 Å². The van der Waals surface area contributed by atoms with E-state index in [4.69, 9.17) is 4.74 Å². The van der Waals surface area contributed by atoms with E-state index in [2.05, 4.69) is 20.6 Å². The summed E-state index contributed by atoms with van der Waals surface area (Å²) in [5.74, 6) is 1.36. The highest BCUT2D eigenvalue weighted by atomic mass is 16.5. The highest BCUT2D eigenvalue weighted by Gasteiger charge is 2.06. The van der Waals surface area contributed by atoms with Crippen LogP contribution in [0, 0.1) is 6.92 Å². The molecule has 0 atom stereocenters. The standard InChI is InChI=1S/C20H20N4O2/c1-3-26-20(25)24-17-11-7-10-16(12-17)23-19-13-18(21-14(2)22-19)15-8-5-4-6-9-15/h4-13H,3H2,1-2H3,(H,24,25)(H,21,22,23). The first kappa shape index (κ1) is 17.4. The van der Waals surface area contributed by atoms with Crippen LogP contribution in [0.5, 0.6) is 0 Å². The van der Waals surface area contributed by atoms with E-state index in [1.165, 1.54) is 0 Å². The summed E-state index contributed by atoms with van der Waals surface area (Å²) in [5.41, 5.74) is 3.32. The largest absolute Gasteiger partial charge is 0.450 e. The van der Waals surface area contributed by atoms with Crippen LogP contribution in [0.25, 0.3) is 11.3 Å². The molecule has 2 aromatic carbocycles. The molecule has 0 radical (unpaired) electrons. The van der Waals surface area contributed by atoms with Crippen LogP contribution in [0.4, 0.5) is 22.0 Å². The Morgan fingerprint density at radius 2 is 1.77 bits per heavy atom. The van der Waals surface area contributed by atoms with Crippen LogP contribution in [0.3, 0.4) is 0 Å². The zero-order chi connectivity index (χ0) is 18.4. The summed E-state index contributed by atoms with van der Waals surface area (Å²) in [6.07, 6.45) is -0.478. The number of aromatic nitrogens is 2. The first-order valence-corrected chi connectivity index (χ1v) is 8.36. The third-order valence-corrected chi connectivity index (χ3v) is 3.56. The van der Waals surface area contributed by atoms with E-state index in [-0.39, 0.29) is 0 Å². The van der Waals surface area contributed by atoms with Gasteiger partial charge >= 0.3 is 6.09 Å². The van der Waals surface area contributed by atoms with Gasteiger partial charge in [-0.25, -0.2) is 14.8 Å². The molecule has 26 heavy (non-hydrogen) atoms. The fraction of sp³-hybridized carbons (Fsp3) is 0.150. The van der Waals surface area contributed by atoms with Gasteiger partial charge in [0.1, 0.15) is 11.6 Å². The fourth-order valence-electron chi connectivity index (χ4n) is 2.50. The van der Waals surface area contributed by atoms with E-state index < -0.39 is 6.09 Å². The Balaban J connectivity index is 1.81. The topological polar surface area (TPSA) is 76.1 Å². The predicted octanol–water partition coefficient (Wildman–Crippen LogP) is 4.76. The third kappa shape index (κ3) is 4.57. The normalized spacial score (nSPS) is 10.2. The van der Waals surface area contributed by atoms with Crippen molar-refractivity contribution in [3.63, 3.8) is 0 Å².